The topological polar surface area (TPSA) is 120 Å². The first kappa shape index (κ1) is 26.9. The van der Waals surface area contributed by atoms with Crippen LogP contribution in [-0.4, -0.2) is 42.3 Å². The number of amides is 1. The van der Waals surface area contributed by atoms with Crippen molar-refractivity contribution >= 4 is 27.3 Å². The number of alkyl halides is 3. The number of rotatable bonds is 5. The molecule has 2 N–H and O–H groups in total. The highest BCUT2D eigenvalue weighted by Crippen LogP contribution is 2.42. The summed E-state index contributed by atoms with van der Waals surface area (Å²) >= 11 is 5.88. The van der Waals surface area contributed by atoms with Crippen molar-refractivity contribution < 1.29 is 31.5 Å². The van der Waals surface area contributed by atoms with Crippen LogP contribution in [0.5, 0.6) is 0 Å². The summed E-state index contributed by atoms with van der Waals surface area (Å²) in [5.74, 6) is -1.09. The van der Waals surface area contributed by atoms with Crippen LogP contribution in [-0.2, 0) is 20.8 Å². The molecule has 1 aromatic heterocycles. The predicted molar refractivity (Wildman–Crippen MR) is 122 cm³/mol. The molecule has 2 aliphatic rings. The minimum atomic E-state index is -4.91. The van der Waals surface area contributed by atoms with E-state index in [0.717, 1.165) is 19.2 Å². The molecular formula is C23H23ClF3N3O4S. The summed E-state index contributed by atoms with van der Waals surface area (Å²) < 4.78 is 68.0. The molecule has 12 heteroatoms. The molecule has 2 saturated carbocycles. The third-order valence-electron chi connectivity index (χ3n) is 6.15. The summed E-state index contributed by atoms with van der Waals surface area (Å²) in [6, 6.07) is 6.50. The third-order valence-corrected chi connectivity index (χ3v) is 8.63. The van der Waals surface area contributed by atoms with Crippen molar-refractivity contribution in [3.63, 3.8) is 0 Å². The maximum absolute atomic E-state index is 13.9. The quantitative estimate of drug-likeness (QED) is 0.600. The zero-order chi connectivity index (χ0) is 26.0. The first-order valence-corrected chi connectivity index (χ1v) is 12.6. The largest absolute Gasteiger partial charge is 0.417 e. The van der Waals surface area contributed by atoms with Crippen molar-refractivity contribution in [1.82, 2.24) is 10.3 Å². The second kappa shape index (κ2) is 10.1. The Kier molecular flexibility index (Phi) is 7.79. The molecule has 2 fully saturated rings. The highest BCUT2D eigenvalue weighted by molar-refractivity contribution is 7.92. The van der Waals surface area contributed by atoms with E-state index in [4.69, 9.17) is 22.0 Å². The lowest BCUT2D eigenvalue weighted by Gasteiger charge is -2.19. The average molecular weight is 530 g/mol. The zero-order valence-corrected chi connectivity index (χ0v) is 20.2. The number of nitrogens with one attached hydrogen (secondary N) is 1. The lowest BCUT2D eigenvalue weighted by molar-refractivity contribution is -0.139. The summed E-state index contributed by atoms with van der Waals surface area (Å²) in [4.78, 5) is 15.5. The third kappa shape index (κ3) is 5.77. The van der Waals surface area contributed by atoms with Crippen LogP contribution in [0.25, 0.3) is 11.1 Å². The predicted octanol–water partition coefficient (Wildman–Crippen LogP) is 4.14. The van der Waals surface area contributed by atoms with Crippen LogP contribution in [0, 0.1) is 17.2 Å². The number of hydrogen-bond donors (Lipinski definition) is 2. The Morgan fingerprint density at radius 2 is 1.89 bits per heavy atom. The fourth-order valence-corrected chi connectivity index (χ4v) is 6.32. The van der Waals surface area contributed by atoms with E-state index in [1.165, 1.54) is 24.5 Å². The second-order valence-electron chi connectivity index (χ2n) is 8.46. The summed E-state index contributed by atoms with van der Waals surface area (Å²) in [7, 11) is -3.37. The fraction of sp³-hybridized carbons (Fsp3) is 0.435. The smallest absolute Gasteiger partial charge is 0.400 e. The first-order chi connectivity index (χ1) is 16.4. The molecule has 0 aliphatic heterocycles. The lowest BCUT2D eigenvalue weighted by atomic mass is 10.0. The van der Waals surface area contributed by atoms with Crippen molar-refractivity contribution in [1.29, 1.82) is 5.26 Å². The Balaban J connectivity index is 0.00000167. The molecule has 35 heavy (non-hydrogen) atoms. The Morgan fingerprint density at radius 1 is 1.20 bits per heavy atom. The molecule has 0 radical (unpaired) electrons. The molecule has 0 saturated heterocycles. The van der Waals surface area contributed by atoms with Gasteiger partial charge in [-0.05, 0) is 55.9 Å². The molecule has 4 rings (SSSR count). The molecule has 1 unspecified atom stereocenters. The van der Waals surface area contributed by atoms with Crippen molar-refractivity contribution in [2.24, 2.45) is 5.92 Å². The molecule has 0 spiro atoms. The maximum atomic E-state index is 13.9. The monoisotopic (exact) mass is 529 g/mol. The van der Waals surface area contributed by atoms with E-state index in [2.05, 4.69) is 10.3 Å². The number of nitrogens with zero attached hydrogens (tertiary/aromatic N) is 2. The van der Waals surface area contributed by atoms with Gasteiger partial charge in [-0.2, -0.15) is 18.4 Å². The van der Waals surface area contributed by atoms with Crippen LogP contribution in [0.4, 0.5) is 13.2 Å². The minimum Gasteiger partial charge on any atom is -0.400 e. The summed E-state index contributed by atoms with van der Waals surface area (Å²) in [6.45, 7) is 0. The summed E-state index contributed by atoms with van der Waals surface area (Å²) in [5, 5.41) is 17.9. The van der Waals surface area contributed by atoms with Gasteiger partial charge >= 0.3 is 6.18 Å². The molecule has 1 amide bonds. The SMILES string of the molecule is CO.N#CC1(NC(=O)C2CC[C@@H](S(=O)(=O)c3ccc(-c4cncc(Cl)c4)cc3C(F)(F)F)C2)CC1. The van der Waals surface area contributed by atoms with Gasteiger partial charge in [-0.1, -0.05) is 17.7 Å². The number of nitriles is 1. The molecule has 7 nitrogen and oxygen atoms in total. The van der Waals surface area contributed by atoms with Gasteiger partial charge in [0.2, 0.25) is 5.91 Å². The minimum absolute atomic E-state index is 0.0667. The van der Waals surface area contributed by atoms with E-state index >= 15 is 0 Å². The first-order valence-electron chi connectivity index (χ1n) is 10.7. The Hall–Kier alpha value is -2.68. The molecule has 188 valence electrons. The lowest BCUT2D eigenvalue weighted by Crippen LogP contribution is -2.39. The van der Waals surface area contributed by atoms with Gasteiger partial charge < -0.3 is 10.4 Å². The number of aliphatic hydroxyl groups excluding tert-OH is 1. The second-order valence-corrected chi connectivity index (χ2v) is 11.1. The van der Waals surface area contributed by atoms with Crippen LogP contribution in [0.15, 0.2) is 41.6 Å². The number of sulfone groups is 1. The van der Waals surface area contributed by atoms with Gasteiger partial charge in [0.15, 0.2) is 9.84 Å². The molecule has 0 bridgehead atoms. The van der Waals surface area contributed by atoms with Crippen LogP contribution >= 0.6 is 11.6 Å². The van der Waals surface area contributed by atoms with Crippen molar-refractivity contribution in [3.05, 3.63) is 47.2 Å². The van der Waals surface area contributed by atoms with Gasteiger partial charge in [0.25, 0.3) is 0 Å². The Labute approximate surface area is 205 Å². The number of carbonyl (C=O) groups excluding carboxylic acids is 1. The Morgan fingerprint density at radius 3 is 2.46 bits per heavy atom. The maximum Gasteiger partial charge on any atom is 0.417 e. The highest BCUT2D eigenvalue weighted by Gasteiger charge is 2.48. The van der Waals surface area contributed by atoms with E-state index in [0.29, 0.717) is 18.4 Å². The Bertz CT molecular complexity index is 1260. The number of pyridine rings is 1. The van der Waals surface area contributed by atoms with E-state index in [1.54, 1.807) is 0 Å². The molecule has 1 heterocycles. The van der Waals surface area contributed by atoms with Gasteiger partial charge in [0, 0.05) is 31.0 Å². The van der Waals surface area contributed by atoms with Gasteiger partial charge in [0.1, 0.15) is 5.54 Å². The standard InChI is InChI=1S/C22H19ClF3N3O3S.CH4O/c23-16-7-15(10-28-11-16)13-2-4-19(18(9-13)22(24,25)26)33(31,32)17-3-1-14(8-17)20(30)29-21(12-27)5-6-21;1-2/h2,4,7,9-11,14,17H,1,3,5-6,8H2,(H,29,30);2H,1H3/t14?,17-;/m1./s1. The summed E-state index contributed by atoms with van der Waals surface area (Å²) in [6.07, 6.45) is -0.966. The average Bonchev–Trinajstić information content (AvgIpc) is 3.40. The van der Waals surface area contributed by atoms with E-state index in [1.807, 2.05) is 6.07 Å². The van der Waals surface area contributed by atoms with Crippen molar-refractivity contribution in [2.45, 2.75) is 54.0 Å². The van der Waals surface area contributed by atoms with E-state index < -0.39 is 49.1 Å². The normalized spacial score (nSPS) is 20.8. The van der Waals surface area contributed by atoms with E-state index in [9.17, 15) is 26.4 Å². The van der Waals surface area contributed by atoms with Crippen LogP contribution < -0.4 is 5.32 Å². The molecule has 2 aliphatic carbocycles. The van der Waals surface area contributed by atoms with Crippen LogP contribution in [0.1, 0.15) is 37.7 Å². The molecule has 2 atom stereocenters. The van der Waals surface area contributed by atoms with Gasteiger partial charge in [-0.15, -0.1) is 0 Å². The van der Waals surface area contributed by atoms with Gasteiger partial charge in [-0.3, -0.25) is 9.78 Å². The van der Waals surface area contributed by atoms with Crippen LogP contribution in [0.3, 0.4) is 0 Å². The zero-order valence-electron chi connectivity index (χ0n) is 18.6. The van der Waals surface area contributed by atoms with Gasteiger partial charge in [0.05, 0.1) is 26.8 Å². The highest BCUT2D eigenvalue weighted by atomic mass is 35.5. The summed E-state index contributed by atoms with van der Waals surface area (Å²) in [5.41, 5.74) is -1.70. The number of halogens is 4. The number of aliphatic hydroxyl groups is 1. The van der Waals surface area contributed by atoms with Crippen molar-refractivity contribution in [3.8, 4) is 17.2 Å². The number of carbonyl (C=O) groups is 1. The number of benzene rings is 1. The van der Waals surface area contributed by atoms with E-state index in [-0.39, 0.29) is 29.8 Å². The van der Waals surface area contributed by atoms with Gasteiger partial charge in [-0.25, -0.2) is 8.42 Å². The van der Waals surface area contributed by atoms with Crippen molar-refractivity contribution in [2.75, 3.05) is 7.11 Å². The molecule has 1 aromatic carbocycles. The molecule has 2 aromatic rings. The number of hydrogen-bond acceptors (Lipinski definition) is 6. The number of aromatic nitrogens is 1. The van der Waals surface area contributed by atoms with Crippen LogP contribution in [0.2, 0.25) is 5.02 Å². The molecular weight excluding hydrogens is 507 g/mol. The fourth-order valence-electron chi connectivity index (χ4n) is 4.12.